The van der Waals surface area contributed by atoms with E-state index < -0.39 is 12.0 Å². The predicted octanol–water partition coefficient (Wildman–Crippen LogP) is 0.0123. The first-order chi connectivity index (χ1) is 7.50. The molecule has 0 saturated heterocycles. The Labute approximate surface area is 97.5 Å². The summed E-state index contributed by atoms with van der Waals surface area (Å²) in [6.07, 6.45) is 1.65. The van der Waals surface area contributed by atoms with Crippen molar-refractivity contribution in [2.75, 3.05) is 11.5 Å². The molecule has 0 aliphatic carbocycles. The maximum Gasteiger partial charge on any atom is 0.321 e. The predicted molar refractivity (Wildman–Crippen MR) is 63.0 cm³/mol. The lowest BCUT2D eigenvalue weighted by Gasteiger charge is -2.07. The van der Waals surface area contributed by atoms with Crippen molar-refractivity contribution >= 4 is 23.5 Å². The highest BCUT2D eigenvalue weighted by Gasteiger charge is 2.11. The van der Waals surface area contributed by atoms with Gasteiger partial charge in [0.2, 0.25) is 0 Å². The van der Waals surface area contributed by atoms with Crippen LogP contribution in [0.3, 0.4) is 0 Å². The zero-order chi connectivity index (χ0) is 12.1. The van der Waals surface area contributed by atoms with Crippen LogP contribution in [0.15, 0.2) is 6.20 Å². The van der Waals surface area contributed by atoms with Crippen LogP contribution in [0.25, 0.3) is 0 Å². The number of carboxylic acid groups (broad SMARTS) is 1. The van der Waals surface area contributed by atoms with Crippen molar-refractivity contribution in [3.8, 4) is 0 Å². The lowest BCUT2D eigenvalue weighted by molar-refractivity contribution is -0.137. The molecule has 7 heteroatoms. The van der Waals surface area contributed by atoms with Crippen LogP contribution in [0.4, 0.5) is 5.82 Å². The first kappa shape index (κ1) is 12.7. The smallest absolute Gasteiger partial charge is 0.321 e. The molecular formula is C9H14N4O2S. The molecule has 88 valence electrons. The number of carboxylic acids is 1. The van der Waals surface area contributed by atoms with Crippen molar-refractivity contribution in [2.45, 2.75) is 18.7 Å². The Morgan fingerprint density at radius 1 is 1.69 bits per heavy atom. The summed E-state index contributed by atoms with van der Waals surface area (Å²) in [5, 5.41) is 8.58. The fraction of sp³-hybridized carbons (Fsp3) is 0.444. The maximum atomic E-state index is 10.5. The molecule has 0 saturated carbocycles. The standard InChI is InChI=1S/C9H14N4O2S/c1-5-12-2-6(8(11)13-5)3-16-4-7(10)9(14)15/h2,7H,3-4,10H2,1H3,(H,14,15)(H2,11,12,13)/t7-/m0/s1. The van der Waals surface area contributed by atoms with Gasteiger partial charge in [0.25, 0.3) is 0 Å². The van der Waals surface area contributed by atoms with E-state index in [9.17, 15) is 4.79 Å². The first-order valence-electron chi connectivity index (χ1n) is 4.65. The van der Waals surface area contributed by atoms with Crippen molar-refractivity contribution < 1.29 is 9.90 Å². The van der Waals surface area contributed by atoms with E-state index in [1.54, 1.807) is 13.1 Å². The van der Waals surface area contributed by atoms with E-state index in [4.69, 9.17) is 16.6 Å². The second-order valence-corrected chi connectivity index (χ2v) is 4.32. The summed E-state index contributed by atoms with van der Waals surface area (Å²) in [7, 11) is 0. The zero-order valence-corrected chi connectivity index (χ0v) is 9.70. The average molecular weight is 242 g/mol. The molecule has 0 aromatic carbocycles. The summed E-state index contributed by atoms with van der Waals surface area (Å²) in [4.78, 5) is 18.5. The average Bonchev–Trinajstić information content (AvgIpc) is 2.20. The van der Waals surface area contributed by atoms with E-state index in [1.165, 1.54) is 11.8 Å². The van der Waals surface area contributed by atoms with E-state index in [-0.39, 0.29) is 0 Å². The monoisotopic (exact) mass is 242 g/mol. The van der Waals surface area contributed by atoms with E-state index in [0.29, 0.717) is 23.1 Å². The molecule has 0 radical (unpaired) electrons. The van der Waals surface area contributed by atoms with Gasteiger partial charge in [-0.15, -0.1) is 0 Å². The van der Waals surface area contributed by atoms with Crippen LogP contribution < -0.4 is 11.5 Å². The van der Waals surface area contributed by atoms with Crippen molar-refractivity contribution in [3.63, 3.8) is 0 Å². The van der Waals surface area contributed by atoms with Crippen LogP contribution in [0.1, 0.15) is 11.4 Å². The summed E-state index contributed by atoms with van der Waals surface area (Å²) >= 11 is 1.40. The molecule has 0 fully saturated rings. The lowest BCUT2D eigenvalue weighted by atomic mass is 10.3. The Morgan fingerprint density at radius 3 is 2.94 bits per heavy atom. The van der Waals surface area contributed by atoms with E-state index >= 15 is 0 Å². The van der Waals surface area contributed by atoms with Gasteiger partial charge in [-0.25, -0.2) is 9.97 Å². The van der Waals surface area contributed by atoms with E-state index in [0.717, 1.165) is 5.56 Å². The summed E-state index contributed by atoms with van der Waals surface area (Å²) in [6, 6.07) is -0.849. The molecule has 16 heavy (non-hydrogen) atoms. The molecule has 1 atom stereocenters. The third kappa shape index (κ3) is 3.67. The summed E-state index contributed by atoms with van der Waals surface area (Å²) in [5.41, 5.74) is 11.8. The van der Waals surface area contributed by atoms with Crippen molar-refractivity contribution in [3.05, 3.63) is 17.6 Å². The largest absolute Gasteiger partial charge is 0.480 e. The lowest BCUT2D eigenvalue weighted by Crippen LogP contribution is -2.32. The number of hydrogen-bond acceptors (Lipinski definition) is 6. The number of anilines is 1. The molecule has 0 spiro atoms. The van der Waals surface area contributed by atoms with Gasteiger partial charge in [-0.05, 0) is 6.92 Å². The number of hydrogen-bond donors (Lipinski definition) is 3. The maximum absolute atomic E-state index is 10.5. The molecule has 1 rings (SSSR count). The number of aliphatic carboxylic acids is 1. The molecule has 5 N–H and O–H groups in total. The van der Waals surface area contributed by atoms with Gasteiger partial charge in [-0.2, -0.15) is 11.8 Å². The number of rotatable bonds is 5. The minimum atomic E-state index is -0.999. The summed E-state index contributed by atoms with van der Waals surface area (Å²) in [6.45, 7) is 1.76. The SMILES string of the molecule is Cc1ncc(CSC[C@H](N)C(=O)O)c(N)n1. The molecule has 0 unspecified atom stereocenters. The van der Waals surface area contributed by atoms with Crippen LogP contribution >= 0.6 is 11.8 Å². The number of carbonyl (C=O) groups is 1. The number of aromatic nitrogens is 2. The highest BCUT2D eigenvalue weighted by Crippen LogP contribution is 2.16. The number of nitrogens with two attached hydrogens (primary N) is 2. The molecular weight excluding hydrogens is 228 g/mol. The van der Waals surface area contributed by atoms with Crippen LogP contribution in [0.2, 0.25) is 0 Å². The Kier molecular flexibility index (Phi) is 4.51. The molecule has 0 bridgehead atoms. The highest BCUT2D eigenvalue weighted by molar-refractivity contribution is 7.98. The quantitative estimate of drug-likeness (QED) is 0.666. The second kappa shape index (κ2) is 5.66. The summed E-state index contributed by atoms with van der Waals surface area (Å²) in [5.74, 6) is 0.952. The van der Waals surface area contributed by atoms with Gasteiger partial charge in [-0.1, -0.05) is 0 Å². The van der Waals surface area contributed by atoms with Gasteiger partial charge in [0, 0.05) is 23.3 Å². The van der Waals surface area contributed by atoms with Gasteiger partial charge in [-0.3, -0.25) is 4.79 Å². The molecule has 0 aliphatic heterocycles. The number of nitrogens with zero attached hydrogens (tertiary/aromatic N) is 2. The second-order valence-electron chi connectivity index (χ2n) is 3.29. The topological polar surface area (TPSA) is 115 Å². The molecule has 6 nitrogen and oxygen atoms in total. The fourth-order valence-corrected chi connectivity index (χ4v) is 1.95. The van der Waals surface area contributed by atoms with Crippen LogP contribution in [-0.4, -0.2) is 32.8 Å². The van der Waals surface area contributed by atoms with E-state index in [1.807, 2.05) is 0 Å². The van der Waals surface area contributed by atoms with Crippen LogP contribution in [0, 0.1) is 6.92 Å². The van der Waals surface area contributed by atoms with Crippen molar-refractivity contribution in [2.24, 2.45) is 5.73 Å². The minimum Gasteiger partial charge on any atom is -0.480 e. The Balaban J connectivity index is 2.46. The Bertz CT molecular complexity index is 386. The normalized spacial score (nSPS) is 12.4. The highest BCUT2D eigenvalue weighted by atomic mass is 32.2. The molecule has 1 aromatic rings. The Morgan fingerprint density at radius 2 is 2.38 bits per heavy atom. The number of aryl methyl sites for hydroxylation is 1. The number of thioether (sulfide) groups is 1. The summed E-state index contributed by atoms with van der Waals surface area (Å²) < 4.78 is 0. The van der Waals surface area contributed by atoms with Crippen molar-refractivity contribution in [1.29, 1.82) is 0 Å². The van der Waals surface area contributed by atoms with Crippen LogP contribution in [-0.2, 0) is 10.5 Å². The Hall–Kier alpha value is -1.34. The number of nitrogen functional groups attached to an aromatic ring is 1. The molecule has 0 amide bonds. The van der Waals surface area contributed by atoms with E-state index in [2.05, 4.69) is 9.97 Å². The fourth-order valence-electron chi connectivity index (χ4n) is 0.991. The van der Waals surface area contributed by atoms with Gasteiger partial charge < -0.3 is 16.6 Å². The molecule has 1 aromatic heterocycles. The third-order valence-corrected chi connectivity index (χ3v) is 3.00. The van der Waals surface area contributed by atoms with Gasteiger partial charge in [0.15, 0.2) is 0 Å². The minimum absolute atomic E-state index is 0.336. The molecule has 0 aliphatic rings. The first-order valence-corrected chi connectivity index (χ1v) is 5.80. The van der Waals surface area contributed by atoms with Gasteiger partial charge >= 0.3 is 5.97 Å². The molecule has 1 heterocycles. The van der Waals surface area contributed by atoms with Crippen molar-refractivity contribution in [1.82, 2.24) is 9.97 Å². The van der Waals surface area contributed by atoms with Gasteiger partial charge in [0.1, 0.15) is 17.7 Å². The third-order valence-electron chi connectivity index (χ3n) is 1.89. The van der Waals surface area contributed by atoms with Gasteiger partial charge in [0.05, 0.1) is 0 Å². The zero-order valence-electron chi connectivity index (χ0n) is 8.88. The van der Waals surface area contributed by atoms with Crippen LogP contribution in [0.5, 0.6) is 0 Å².